The number of halogens is 1. The molecule has 3 nitrogen and oxygen atoms in total. The molecule has 0 saturated carbocycles. The zero-order valence-electron chi connectivity index (χ0n) is 9.71. The number of nitrogens with two attached hydrogens (primary N) is 1. The summed E-state index contributed by atoms with van der Waals surface area (Å²) in [6.07, 6.45) is 0.287. The van der Waals surface area contributed by atoms with Gasteiger partial charge in [-0.25, -0.2) is 0 Å². The molecule has 0 saturated heterocycles. The number of ether oxygens (including phenoxy) is 1. The second kappa shape index (κ2) is 5.32. The molecule has 0 amide bonds. The van der Waals surface area contributed by atoms with Crippen LogP contribution in [-0.2, 0) is 0 Å². The van der Waals surface area contributed by atoms with Crippen LogP contribution in [0.3, 0.4) is 0 Å². The maximum atomic E-state index is 11.9. The maximum absolute atomic E-state index is 11.9. The van der Waals surface area contributed by atoms with Gasteiger partial charge in [-0.3, -0.25) is 4.79 Å². The van der Waals surface area contributed by atoms with E-state index in [0.29, 0.717) is 16.3 Å². The lowest BCUT2D eigenvalue weighted by atomic mass is 10.0. The maximum Gasteiger partial charge on any atom is 0.168 e. The van der Waals surface area contributed by atoms with E-state index in [1.165, 1.54) is 7.11 Å². The van der Waals surface area contributed by atoms with Gasteiger partial charge in [0.1, 0.15) is 5.75 Å². The number of aryl methyl sites for hydroxylation is 1. The van der Waals surface area contributed by atoms with Crippen molar-refractivity contribution >= 4 is 17.4 Å². The first-order chi connectivity index (χ1) is 7.45. The second-order valence-corrected chi connectivity index (χ2v) is 4.31. The van der Waals surface area contributed by atoms with Gasteiger partial charge in [0.15, 0.2) is 5.78 Å². The first kappa shape index (κ1) is 13.0. The average Bonchev–Trinajstić information content (AvgIpc) is 2.20. The van der Waals surface area contributed by atoms with Gasteiger partial charge in [0.2, 0.25) is 0 Å². The molecule has 0 fully saturated rings. The number of hydrogen-bond acceptors (Lipinski definition) is 3. The Kier molecular flexibility index (Phi) is 4.33. The van der Waals surface area contributed by atoms with Crippen LogP contribution in [0.15, 0.2) is 12.1 Å². The average molecular weight is 242 g/mol. The van der Waals surface area contributed by atoms with E-state index in [1.807, 2.05) is 6.92 Å². The quantitative estimate of drug-likeness (QED) is 0.825. The first-order valence-corrected chi connectivity index (χ1v) is 5.46. The summed E-state index contributed by atoms with van der Waals surface area (Å²) in [5.74, 6) is 0.501. The van der Waals surface area contributed by atoms with Gasteiger partial charge in [-0.15, -0.1) is 0 Å². The number of methoxy groups -OCH3 is 1. The summed E-state index contributed by atoms with van der Waals surface area (Å²) in [4.78, 5) is 11.9. The molecule has 0 aliphatic rings. The van der Waals surface area contributed by atoms with Crippen molar-refractivity contribution in [1.29, 1.82) is 0 Å². The van der Waals surface area contributed by atoms with Gasteiger partial charge in [-0.05, 0) is 31.5 Å². The zero-order valence-corrected chi connectivity index (χ0v) is 10.5. The summed E-state index contributed by atoms with van der Waals surface area (Å²) in [6, 6.07) is 3.23. The van der Waals surface area contributed by atoms with E-state index in [0.717, 1.165) is 5.56 Å². The highest BCUT2D eigenvalue weighted by Crippen LogP contribution is 2.27. The molecule has 1 rings (SSSR count). The van der Waals surface area contributed by atoms with E-state index < -0.39 is 0 Å². The van der Waals surface area contributed by atoms with Crippen molar-refractivity contribution in [2.45, 2.75) is 26.3 Å². The van der Waals surface area contributed by atoms with Gasteiger partial charge in [-0.1, -0.05) is 11.6 Å². The van der Waals surface area contributed by atoms with Crippen LogP contribution in [0.1, 0.15) is 29.3 Å². The van der Waals surface area contributed by atoms with Crippen LogP contribution in [0.2, 0.25) is 5.02 Å². The lowest BCUT2D eigenvalue weighted by molar-refractivity contribution is 0.0973. The molecule has 16 heavy (non-hydrogen) atoms. The standard InChI is InChI=1S/C12H16ClNO2/c1-7-4-12(16-3)9(6-10(7)13)11(15)5-8(2)14/h4,6,8H,5,14H2,1-3H3. The summed E-state index contributed by atoms with van der Waals surface area (Å²) in [5, 5.41) is 0.564. The van der Waals surface area contributed by atoms with E-state index in [9.17, 15) is 4.79 Å². The highest BCUT2D eigenvalue weighted by Gasteiger charge is 2.15. The van der Waals surface area contributed by atoms with Crippen LogP contribution in [0.5, 0.6) is 5.75 Å². The highest BCUT2D eigenvalue weighted by atomic mass is 35.5. The molecule has 0 heterocycles. The Bertz CT molecular complexity index is 402. The van der Waals surface area contributed by atoms with Gasteiger partial charge >= 0.3 is 0 Å². The van der Waals surface area contributed by atoms with Gasteiger partial charge in [0.05, 0.1) is 12.7 Å². The predicted octanol–water partition coefficient (Wildman–Crippen LogP) is 2.58. The number of carbonyl (C=O) groups excluding carboxylic acids is 1. The molecule has 4 heteroatoms. The molecule has 0 aliphatic carbocycles. The molecule has 0 spiro atoms. The van der Waals surface area contributed by atoms with Gasteiger partial charge in [0.25, 0.3) is 0 Å². The summed E-state index contributed by atoms with van der Waals surface area (Å²) in [7, 11) is 1.53. The largest absolute Gasteiger partial charge is 0.496 e. The van der Waals surface area contributed by atoms with E-state index in [1.54, 1.807) is 19.1 Å². The Morgan fingerprint density at radius 1 is 1.56 bits per heavy atom. The minimum atomic E-state index is -0.169. The third-order valence-electron chi connectivity index (χ3n) is 2.29. The van der Waals surface area contributed by atoms with Crippen molar-refractivity contribution < 1.29 is 9.53 Å². The van der Waals surface area contributed by atoms with Crippen LogP contribution in [0, 0.1) is 6.92 Å². The number of benzene rings is 1. The lowest BCUT2D eigenvalue weighted by Crippen LogP contribution is -2.20. The summed E-state index contributed by atoms with van der Waals surface area (Å²) < 4.78 is 5.16. The Hall–Kier alpha value is -1.06. The fourth-order valence-corrected chi connectivity index (χ4v) is 1.61. The van der Waals surface area contributed by atoms with Crippen LogP contribution in [0.4, 0.5) is 0 Å². The minimum Gasteiger partial charge on any atom is -0.496 e. The molecule has 88 valence electrons. The van der Waals surface area contributed by atoms with Crippen molar-refractivity contribution in [2.75, 3.05) is 7.11 Å². The molecule has 1 aromatic rings. The fraction of sp³-hybridized carbons (Fsp3) is 0.417. The second-order valence-electron chi connectivity index (χ2n) is 3.91. The molecule has 0 bridgehead atoms. The van der Waals surface area contributed by atoms with Gasteiger partial charge in [-0.2, -0.15) is 0 Å². The molecule has 0 aromatic heterocycles. The van der Waals surface area contributed by atoms with E-state index in [-0.39, 0.29) is 18.2 Å². The van der Waals surface area contributed by atoms with Crippen molar-refractivity contribution in [3.8, 4) is 5.75 Å². The fourth-order valence-electron chi connectivity index (χ4n) is 1.44. The molecule has 0 aliphatic heterocycles. The Morgan fingerprint density at radius 2 is 2.19 bits per heavy atom. The molecule has 2 N–H and O–H groups in total. The summed E-state index contributed by atoms with van der Waals surface area (Å²) in [6.45, 7) is 3.66. The topological polar surface area (TPSA) is 52.3 Å². The van der Waals surface area contributed by atoms with E-state index in [2.05, 4.69) is 0 Å². The third-order valence-corrected chi connectivity index (χ3v) is 2.70. The van der Waals surface area contributed by atoms with Crippen LogP contribution in [0.25, 0.3) is 0 Å². The smallest absolute Gasteiger partial charge is 0.168 e. The van der Waals surface area contributed by atoms with Crippen molar-refractivity contribution in [3.05, 3.63) is 28.3 Å². The third kappa shape index (κ3) is 2.97. The molecular weight excluding hydrogens is 226 g/mol. The lowest BCUT2D eigenvalue weighted by Gasteiger charge is -2.11. The van der Waals surface area contributed by atoms with Gasteiger partial charge < -0.3 is 10.5 Å². The Labute approximate surface area is 101 Å². The number of rotatable bonds is 4. The van der Waals surface area contributed by atoms with Crippen LogP contribution in [-0.4, -0.2) is 18.9 Å². The summed E-state index contributed by atoms with van der Waals surface area (Å²) in [5.41, 5.74) is 6.98. The van der Waals surface area contributed by atoms with Gasteiger partial charge in [0, 0.05) is 17.5 Å². The van der Waals surface area contributed by atoms with Crippen molar-refractivity contribution in [2.24, 2.45) is 5.73 Å². The molecular formula is C12H16ClNO2. The molecule has 1 aromatic carbocycles. The van der Waals surface area contributed by atoms with Crippen molar-refractivity contribution in [1.82, 2.24) is 0 Å². The number of carbonyl (C=O) groups is 1. The molecule has 1 unspecified atom stereocenters. The first-order valence-electron chi connectivity index (χ1n) is 5.08. The Morgan fingerprint density at radius 3 is 2.69 bits per heavy atom. The number of hydrogen-bond donors (Lipinski definition) is 1. The zero-order chi connectivity index (χ0) is 12.3. The molecule has 1 atom stereocenters. The van der Waals surface area contributed by atoms with E-state index >= 15 is 0 Å². The number of ketones is 1. The SMILES string of the molecule is COc1cc(C)c(Cl)cc1C(=O)CC(C)N. The van der Waals surface area contributed by atoms with Crippen LogP contribution >= 0.6 is 11.6 Å². The van der Waals surface area contributed by atoms with Crippen LogP contribution < -0.4 is 10.5 Å². The predicted molar refractivity (Wildman–Crippen MR) is 65.3 cm³/mol. The number of Topliss-reactive ketones (excluding diaryl/α,β-unsaturated/α-hetero) is 1. The summed E-state index contributed by atoms with van der Waals surface area (Å²) >= 11 is 5.98. The highest BCUT2D eigenvalue weighted by molar-refractivity contribution is 6.31. The Balaban J connectivity index is 3.11. The normalized spacial score (nSPS) is 12.3. The monoisotopic (exact) mass is 241 g/mol. The van der Waals surface area contributed by atoms with Crippen molar-refractivity contribution in [3.63, 3.8) is 0 Å². The minimum absolute atomic E-state index is 0.0475. The van der Waals surface area contributed by atoms with E-state index in [4.69, 9.17) is 22.1 Å². The molecule has 0 radical (unpaired) electrons.